The SMILES string of the molecule is CCOC(=O)C1CCN(c2ncnc(Nc3nc4ccccc4s3)c2N)CC1. The van der Waals surface area contributed by atoms with E-state index in [4.69, 9.17) is 10.5 Å². The van der Waals surface area contributed by atoms with E-state index < -0.39 is 0 Å². The molecule has 0 unspecified atom stereocenters. The van der Waals surface area contributed by atoms with Gasteiger partial charge < -0.3 is 20.7 Å². The Kier molecular flexibility index (Phi) is 5.25. The fourth-order valence-electron chi connectivity index (χ4n) is 3.35. The molecule has 146 valence electrons. The zero-order chi connectivity index (χ0) is 19.5. The second kappa shape index (κ2) is 7.97. The zero-order valence-corrected chi connectivity index (χ0v) is 16.4. The normalized spacial score (nSPS) is 15.0. The number of carbonyl (C=O) groups excluding carboxylic acids is 1. The third-order valence-electron chi connectivity index (χ3n) is 4.80. The van der Waals surface area contributed by atoms with Crippen molar-refractivity contribution >= 4 is 50.0 Å². The monoisotopic (exact) mass is 398 g/mol. The number of piperidine rings is 1. The van der Waals surface area contributed by atoms with E-state index >= 15 is 0 Å². The van der Waals surface area contributed by atoms with Gasteiger partial charge in [0.25, 0.3) is 0 Å². The second-order valence-corrected chi connectivity index (χ2v) is 7.62. The van der Waals surface area contributed by atoms with E-state index in [0.717, 1.165) is 28.2 Å². The molecule has 3 aromatic rings. The molecule has 0 aliphatic carbocycles. The maximum absolute atomic E-state index is 11.9. The smallest absolute Gasteiger partial charge is 0.309 e. The number of nitrogens with zero attached hydrogens (tertiary/aromatic N) is 4. The van der Waals surface area contributed by atoms with E-state index in [0.29, 0.717) is 37.0 Å². The summed E-state index contributed by atoms with van der Waals surface area (Å²) >= 11 is 1.55. The summed E-state index contributed by atoms with van der Waals surface area (Å²) in [5.74, 6) is 1.05. The fraction of sp³-hybridized carbons (Fsp3) is 0.368. The number of rotatable bonds is 5. The van der Waals surface area contributed by atoms with Gasteiger partial charge in [-0.25, -0.2) is 15.0 Å². The largest absolute Gasteiger partial charge is 0.466 e. The zero-order valence-electron chi connectivity index (χ0n) is 15.6. The first-order chi connectivity index (χ1) is 13.7. The first kappa shape index (κ1) is 18.4. The average molecular weight is 398 g/mol. The van der Waals surface area contributed by atoms with Crippen molar-refractivity contribution in [2.45, 2.75) is 19.8 Å². The van der Waals surface area contributed by atoms with Crippen molar-refractivity contribution in [2.75, 3.05) is 35.6 Å². The molecule has 1 saturated heterocycles. The molecule has 0 saturated carbocycles. The van der Waals surface area contributed by atoms with E-state index in [1.807, 2.05) is 31.2 Å². The number of ether oxygens (including phenoxy) is 1. The van der Waals surface area contributed by atoms with Crippen molar-refractivity contribution in [2.24, 2.45) is 5.92 Å². The van der Waals surface area contributed by atoms with Crippen LogP contribution < -0.4 is 16.0 Å². The number of thiazole rings is 1. The van der Waals surface area contributed by atoms with Crippen LogP contribution >= 0.6 is 11.3 Å². The Hall–Kier alpha value is -2.94. The molecule has 28 heavy (non-hydrogen) atoms. The van der Waals surface area contributed by atoms with Crippen molar-refractivity contribution in [3.63, 3.8) is 0 Å². The molecule has 1 aliphatic heterocycles. The van der Waals surface area contributed by atoms with Crippen LogP contribution in [-0.4, -0.2) is 40.6 Å². The molecule has 1 aromatic carbocycles. The summed E-state index contributed by atoms with van der Waals surface area (Å²) in [6.07, 6.45) is 2.95. The fourth-order valence-corrected chi connectivity index (χ4v) is 4.22. The highest BCUT2D eigenvalue weighted by molar-refractivity contribution is 7.22. The minimum absolute atomic E-state index is 0.0559. The van der Waals surface area contributed by atoms with Crippen molar-refractivity contribution in [1.82, 2.24) is 15.0 Å². The van der Waals surface area contributed by atoms with Crippen LogP contribution in [0, 0.1) is 5.92 Å². The summed E-state index contributed by atoms with van der Waals surface area (Å²) in [5, 5.41) is 3.95. The summed E-state index contributed by atoms with van der Waals surface area (Å²) in [5.41, 5.74) is 7.77. The van der Waals surface area contributed by atoms with Gasteiger partial charge in [0, 0.05) is 13.1 Å². The van der Waals surface area contributed by atoms with Crippen molar-refractivity contribution in [1.29, 1.82) is 0 Å². The number of esters is 1. The minimum atomic E-state index is -0.115. The number of anilines is 4. The van der Waals surface area contributed by atoms with Crippen molar-refractivity contribution in [3.8, 4) is 0 Å². The van der Waals surface area contributed by atoms with Crippen LogP contribution in [-0.2, 0) is 9.53 Å². The summed E-state index contributed by atoms with van der Waals surface area (Å²) in [6.45, 7) is 3.64. The number of aromatic nitrogens is 3. The Morgan fingerprint density at radius 1 is 1.32 bits per heavy atom. The summed E-state index contributed by atoms with van der Waals surface area (Å²) in [6, 6.07) is 7.95. The molecule has 0 spiro atoms. The van der Waals surface area contributed by atoms with Crippen molar-refractivity contribution in [3.05, 3.63) is 30.6 Å². The van der Waals surface area contributed by atoms with Gasteiger partial charge in [-0.3, -0.25) is 4.79 Å². The number of carbonyl (C=O) groups is 1. The van der Waals surface area contributed by atoms with Gasteiger partial charge in [0.2, 0.25) is 0 Å². The van der Waals surface area contributed by atoms with Crippen LogP contribution in [0.3, 0.4) is 0 Å². The van der Waals surface area contributed by atoms with Gasteiger partial charge in [0.1, 0.15) is 12.0 Å². The molecule has 4 rings (SSSR count). The van der Waals surface area contributed by atoms with Gasteiger partial charge in [0.05, 0.1) is 22.7 Å². The third-order valence-corrected chi connectivity index (χ3v) is 5.75. The van der Waals surface area contributed by atoms with E-state index in [1.165, 1.54) is 6.33 Å². The molecule has 9 heteroatoms. The van der Waals surface area contributed by atoms with Gasteiger partial charge in [-0.15, -0.1) is 0 Å². The van der Waals surface area contributed by atoms with Crippen LogP contribution in [0.25, 0.3) is 10.2 Å². The topological polar surface area (TPSA) is 106 Å². The van der Waals surface area contributed by atoms with Gasteiger partial charge >= 0.3 is 5.97 Å². The van der Waals surface area contributed by atoms with Gasteiger partial charge in [-0.05, 0) is 31.9 Å². The molecule has 3 N–H and O–H groups in total. The van der Waals surface area contributed by atoms with Gasteiger partial charge in [0.15, 0.2) is 16.8 Å². The second-order valence-electron chi connectivity index (χ2n) is 6.58. The number of nitrogen functional groups attached to an aromatic ring is 1. The first-order valence-corrected chi connectivity index (χ1v) is 10.1. The van der Waals surface area contributed by atoms with Crippen LogP contribution in [0.5, 0.6) is 0 Å². The summed E-state index contributed by atoms with van der Waals surface area (Å²) < 4.78 is 6.23. The van der Waals surface area contributed by atoms with Gasteiger partial charge in [-0.1, -0.05) is 23.5 Å². The molecule has 8 nitrogen and oxygen atoms in total. The van der Waals surface area contributed by atoms with Crippen LogP contribution in [0.1, 0.15) is 19.8 Å². The summed E-state index contributed by atoms with van der Waals surface area (Å²) in [7, 11) is 0. The maximum Gasteiger partial charge on any atom is 0.309 e. The number of fused-ring (bicyclic) bond motifs is 1. The minimum Gasteiger partial charge on any atom is -0.466 e. The molecular weight excluding hydrogens is 376 g/mol. The highest BCUT2D eigenvalue weighted by Crippen LogP contribution is 2.33. The van der Waals surface area contributed by atoms with E-state index in [1.54, 1.807) is 11.3 Å². The maximum atomic E-state index is 11.9. The lowest BCUT2D eigenvalue weighted by Crippen LogP contribution is -2.37. The highest BCUT2D eigenvalue weighted by Gasteiger charge is 2.28. The summed E-state index contributed by atoms with van der Waals surface area (Å²) in [4.78, 5) is 27.2. The van der Waals surface area contributed by atoms with E-state index in [9.17, 15) is 4.79 Å². The van der Waals surface area contributed by atoms with Crippen molar-refractivity contribution < 1.29 is 9.53 Å². The Morgan fingerprint density at radius 3 is 2.86 bits per heavy atom. The molecule has 0 amide bonds. The lowest BCUT2D eigenvalue weighted by atomic mass is 9.97. The number of hydrogen-bond acceptors (Lipinski definition) is 9. The Labute approximate surface area is 166 Å². The molecule has 2 aromatic heterocycles. The molecule has 0 radical (unpaired) electrons. The highest BCUT2D eigenvalue weighted by atomic mass is 32.1. The first-order valence-electron chi connectivity index (χ1n) is 9.30. The Balaban J connectivity index is 1.49. The number of benzene rings is 1. The standard InChI is InChI=1S/C19H22N6O2S/c1-2-27-18(26)12-7-9-25(10-8-12)17-15(20)16(21-11-22-17)24-19-23-13-5-3-4-6-14(13)28-19/h3-6,11-12H,2,7-10,20H2,1H3,(H,21,22,23,24). The number of hydrogen-bond donors (Lipinski definition) is 2. The molecule has 0 bridgehead atoms. The van der Waals surface area contributed by atoms with E-state index in [-0.39, 0.29) is 11.9 Å². The molecule has 0 atom stereocenters. The molecular formula is C19H22N6O2S. The third kappa shape index (κ3) is 3.70. The Bertz CT molecular complexity index is 950. The van der Waals surface area contributed by atoms with Crippen LogP contribution in [0.2, 0.25) is 0 Å². The van der Waals surface area contributed by atoms with Crippen LogP contribution in [0.15, 0.2) is 30.6 Å². The number of para-hydroxylation sites is 1. The van der Waals surface area contributed by atoms with E-state index in [2.05, 4.69) is 25.2 Å². The predicted molar refractivity (Wildman–Crippen MR) is 111 cm³/mol. The molecule has 1 fully saturated rings. The quantitative estimate of drug-likeness (QED) is 0.631. The lowest BCUT2D eigenvalue weighted by molar-refractivity contribution is -0.148. The lowest BCUT2D eigenvalue weighted by Gasteiger charge is -2.32. The molecule has 1 aliphatic rings. The molecule has 3 heterocycles. The van der Waals surface area contributed by atoms with Gasteiger partial charge in [-0.2, -0.15) is 0 Å². The van der Waals surface area contributed by atoms with Crippen LogP contribution in [0.4, 0.5) is 22.5 Å². The Morgan fingerprint density at radius 2 is 2.11 bits per heavy atom. The number of nitrogens with one attached hydrogen (secondary N) is 1. The predicted octanol–water partition coefficient (Wildman–Crippen LogP) is 3.19. The number of nitrogens with two attached hydrogens (primary N) is 1. The average Bonchev–Trinajstić information content (AvgIpc) is 3.12.